The number of urea groups is 1. The molecule has 0 N–H and O–H groups in total. The lowest BCUT2D eigenvalue weighted by Crippen LogP contribution is -2.45. The molecule has 0 aromatic heterocycles. The Morgan fingerprint density at radius 2 is 1.95 bits per heavy atom. The maximum Gasteiger partial charge on any atom is 0.319 e. The van der Waals surface area contributed by atoms with Crippen molar-refractivity contribution in [3.8, 4) is 0 Å². The highest BCUT2D eigenvalue weighted by Crippen LogP contribution is 2.11. The molecule has 0 aliphatic carbocycles. The molecule has 0 unspecified atom stereocenters. The minimum Gasteiger partial charge on any atom is -0.379 e. The van der Waals surface area contributed by atoms with Gasteiger partial charge >= 0.3 is 6.03 Å². The normalized spacial score (nSPS) is 15.6. The molecular formula is C16H24FN3O2. The molecule has 0 radical (unpaired) electrons. The topological polar surface area (TPSA) is 36.0 Å². The third-order valence-corrected chi connectivity index (χ3v) is 3.76. The van der Waals surface area contributed by atoms with Crippen LogP contribution in [0.1, 0.15) is 5.56 Å². The average Bonchev–Trinajstić information content (AvgIpc) is 2.53. The van der Waals surface area contributed by atoms with E-state index in [0.717, 1.165) is 32.8 Å². The van der Waals surface area contributed by atoms with Gasteiger partial charge in [0.15, 0.2) is 0 Å². The predicted molar refractivity (Wildman–Crippen MR) is 83.2 cm³/mol. The van der Waals surface area contributed by atoms with Crippen LogP contribution >= 0.6 is 0 Å². The first kappa shape index (κ1) is 16.7. The number of ether oxygens (including phenoxy) is 1. The van der Waals surface area contributed by atoms with Gasteiger partial charge in [-0.25, -0.2) is 9.18 Å². The highest BCUT2D eigenvalue weighted by molar-refractivity contribution is 5.73. The van der Waals surface area contributed by atoms with Crippen LogP contribution in [0.4, 0.5) is 9.18 Å². The molecule has 5 nitrogen and oxygen atoms in total. The van der Waals surface area contributed by atoms with Crippen LogP contribution in [0.15, 0.2) is 24.3 Å². The fourth-order valence-corrected chi connectivity index (χ4v) is 2.44. The second kappa shape index (κ2) is 8.10. The number of carbonyl (C=O) groups excluding carboxylic acids is 1. The van der Waals surface area contributed by atoms with Crippen molar-refractivity contribution in [3.05, 3.63) is 35.6 Å². The van der Waals surface area contributed by atoms with Gasteiger partial charge in [-0.3, -0.25) is 4.90 Å². The molecule has 0 atom stereocenters. The summed E-state index contributed by atoms with van der Waals surface area (Å²) in [6.07, 6.45) is 0. The van der Waals surface area contributed by atoms with Crippen LogP contribution in [-0.4, -0.2) is 74.2 Å². The predicted octanol–water partition coefficient (Wildman–Crippen LogP) is 1.64. The van der Waals surface area contributed by atoms with Crippen molar-refractivity contribution in [2.45, 2.75) is 6.54 Å². The van der Waals surface area contributed by atoms with Gasteiger partial charge in [0.25, 0.3) is 0 Å². The first-order valence-electron chi connectivity index (χ1n) is 7.57. The molecular weight excluding hydrogens is 285 g/mol. The summed E-state index contributed by atoms with van der Waals surface area (Å²) in [4.78, 5) is 17.8. The third kappa shape index (κ3) is 4.68. The molecule has 122 valence electrons. The first-order chi connectivity index (χ1) is 10.6. The third-order valence-electron chi connectivity index (χ3n) is 3.76. The number of morpholine rings is 1. The highest BCUT2D eigenvalue weighted by Gasteiger charge is 2.19. The van der Waals surface area contributed by atoms with Crippen LogP contribution in [0.3, 0.4) is 0 Å². The Morgan fingerprint density at radius 1 is 1.27 bits per heavy atom. The molecule has 1 aliphatic heterocycles. The smallest absolute Gasteiger partial charge is 0.319 e. The summed E-state index contributed by atoms with van der Waals surface area (Å²) < 4.78 is 19.2. The second-order valence-electron chi connectivity index (χ2n) is 5.64. The number of carbonyl (C=O) groups is 1. The van der Waals surface area contributed by atoms with Crippen LogP contribution in [0.2, 0.25) is 0 Å². The van der Waals surface area contributed by atoms with Crippen molar-refractivity contribution in [2.24, 2.45) is 0 Å². The molecule has 1 saturated heterocycles. The van der Waals surface area contributed by atoms with E-state index in [4.69, 9.17) is 4.74 Å². The molecule has 0 saturated carbocycles. The minimum absolute atomic E-state index is 0.100. The Kier molecular flexibility index (Phi) is 6.15. The van der Waals surface area contributed by atoms with Gasteiger partial charge in [-0.1, -0.05) is 18.2 Å². The van der Waals surface area contributed by atoms with E-state index in [1.807, 2.05) is 0 Å². The molecule has 2 rings (SSSR count). The molecule has 1 aromatic rings. The summed E-state index contributed by atoms with van der Waals surface area (Å²) in [5.74, 6) is -0.273. The van der Waals surface area contributed by atoms with Gasteiger partial charge in [-0.2, -0.15) is 0 Å². The van der Waals surface area contributed by atoms with E-state index in [1.54, 1.807) is 37.2 Å². The van der Waals surface area contributed by atoms with Crippen molar-refractivity contribution >= 4 is 6.03 Å². The molecule has 1 aliphatic rings. The Labute approximate surface area is 131 Å². The van der Waals surface area contributed by atoms with Crippen LogP contribution in [0.5, 0.6) is 0 Å². The number of benzene rings is 1. The highest BCUT2D eigenvalue weighted by atomic mass is 19.1. The van der Waals surface area contributed by atoms with Crippen LogP contribution < -0.4 is 0 Å². The molecule has 1 aromatic carbocycles. The molecule has 6 heteroatoms. The molecule has 1 fully saturated rings. The van der Waals surface area contributed by atoms with Crippen LogP contribution in [0, 0.1) is 5.82 Å². The van der Waals surface area contributed by atoms with Gasteiger partial charge in [0, 0.05) is 45.8 Å². The number of amides is 2. The lowest BCUT2D eigenvalue weighted by Gasteiger charge is -2.31. The zero-order chi connectivity index (χ0) is 15.9. The van der Waals surface area contributed by atoms with Gasteiger partial charge in [0.05, 0.1) is 19.8 Å². The van der Waals surface area contributed by atoms with Gasteiger partial charge in [0.2, 0.25) is 0 Å². The summed E-state index contributed by atoms with van der Waals surface area (Å²) in [5, 5.41) is 0. The van der Waals surface area contributed by atoms with Gasteiger partial charge in [0.1, 0.15) is 5.82 Å². The lowest BCUT2D eigenvalue weighted by molar-refractivity contribution is 0.0340. The quantitative estimate of drug-likeness (QED) is 0.829. The number of rotatable bonds is 5. The summed E-state index contributed by atoms with van der Waals surface area (Å²) in [7, 11) is 3.43. The molecule has 22 heavy (non-hydrogen) atoms. The molecule has 2 amide bonds. The molecule has 1 heterocycles. The van der Waals surface area contributed by atoms with Crippen LogP contribution in [0.25, 0.3) is 0 Å². The van der Waals surface area contributed by atoms with E-state index in [1.165, 1.54) is 11.0 Å². The van der Waals surface area contributed by atoms with Gasteiger partial charge in [-0.05, 0) is 6.07 Å². The first-order valence-corrected chi connectivity index (χ1v) is 7.57. The largest absolute Gasteiger partial charge is 0.379 e. The molecule has 0 spiro atoms. The number of halogens is 1. The minimum atomic E-state index is -0.273. The second-order valence-corrected chi connectivity index (χ2v) is 5.64. The van der Waals surface area contributed by atoms with E-state index >= 15 is 0 Å². The summed E-state index contributed by atoms with van der Waals surface area (Å²) in [6, 6.07) is 6.50. The summed E-state index contributed by atoms with van der Waals surface area (Å²) in [6.45, 7) is 4.86. The fraction of sp³-hybridized carbons (Fsp3) is 0.562. The van der Waals surface area contributed by atoms with Crippen molar-refractivity contribution in [1.29, 1.82) is 0 Å². The number of hydrogen-bond donors (Lipinski definition) is 0. The fourth-order valence-electron chi connectivity index (χ4n) is 2.44. The maximum atomic E-state index is 13.8. The standard InChI is InChI=1S/C16H24FN3O2/c1-18(2)16(21)20(8-7-19-9-11-22-12-10-19)13-14-5-3-4-6-15(14)17/h3-6H,7-13H2,1-2H3. The van der Waals surface area contributed by atoms with Crippen molar-refractivity contribution in [2.75, 3.05) is 53.5 Å². The van der Waals surface area contributed by atoms with Gasteiger partial charge < -0.3 is 14.5 Å². The van der Waals surface area contributed by atoms with Crippen molar-refractivity contribution in [3.63, 3.8) is 0 Å². The average molecular weight is 309 g/mol. The van der Waals surface area contributed by atoms with E-state index < -0.39 is 0 Å². The summed E-state index contributed by atoms with van der Waals surface area (Å²) in [5.41, 5.74) is 0.541. The Morgan fingerprint density at radius 3 is 2.59 bits per heavy atom. The zero-order valence-corrected chi connectivity index (χ0v) is 13.3. The number of nitrogens with zero attached hydrogens (tertiary/aromatic N) is 3. The Bertz CT molecular complexity index is 490. The SMILES string of the molecule is CN(C)C(=O)N(CCN1CCOCC1)Cc1ccccc1F. The number of hydrogen-bond acceptors (Lipinski definition) is 3. The zero-order valence-electron chi connectivity index (χ0n) is 13.3. The Hall–Kier alpha value is -1.66. The summed E-state index contributed by atoms with van der Waals surface area (Å²) >= 11 is 0. The molecule has 0 bridgehead atoms. The van der Waals surface area contributed by atoms with Crippen LogP contribution in [-0.2, 0) is 11.3 Å². The maximum absolute atomic E-state index is 13.8. The lowest BCUT2D eigenvalue weighted by atomic mass is 10.2. The van der Waals surface area contributed by atoms with Crippen molar-refractivity contribution < 1.29 is 13.9 Å². The van der Waals surface area contributed by atoms with E-state index in [9.17, 15) is 9.18 Å². The van der Waals surface area contributed by atoms with E-state index in [2.05, 4.69) is 4.90 Å². The van der Waals surface area contributed by atoms with E-state index in [-0.39, 0.29) is 18.4 Å². The van der Waals surface area contributed by atoms with E-state index in [0.29, 0.717) is 12.1 Å². The Balaban J connectivity index is 1.99. The monoisotopic (exact) mass is 309 g/mol. The van der Waals surface area contributed by atoms with Crippen molar-refractivity contribution in [1.82, 2.24) is 14.7 Å². The van der Waals surface area contributed by atoms with Gasteiger partial charge in [-0.15, -0.1) is 0 Å².